The predicted molar refractivity (Wildman–Crippen MR) is 70.8 cm³/mol. The average molecular weight is 280 g/mol. The summed E-state index contributed by atoms with van der Waals surface area (Å²) >= 11 is 0. The number of hydrogen-bond donors (Lipinski definition) is 1. The quantitative estimate of drug-likeness (QED) is 0.869. The second-order valence-electron chi connectivity index (χ2n) is 4.67. The van der Waals surface area contributed by atoms with E-state index in [0.29, 0.717) is 12.0 Å². The zero-order valence-corrected chi connectivity index (χ0v) is 11.3. The van der Waals surface area contributed by atoms with Crippen LogP contribution >= 0.6 is 0 Å². The van der Waals surface area contributed by atoms with Gasteiger partial charge in [-0.25, -0.2) is 13.2 Å². The maximum Gasteiger partial charge on any atom is 0.194 e. The number of nitrogens with one attached hydrogen (secondary N) is 1. The van der Waals surface area contributed by atoms with E-state index in [1.165, 1.54) is 0 Å². The third-order valence-corrected chi connectivity index (χ3v) is 3.14. The Balaban J connectivity index is 2.26. The third-order valence-electron chi connectivity index (χ3n) is 3.14. The number of hydrogen-bond acceptors (Lipinski definition) is 2. The van der Waals surface area contributed by atoms with Crippen LogP contribution in [0.4, 0.5) is 13.2 Å². The fourth-order valence-corrected chi connectivity index (χ4v) is 1.99. The smallest absolute Gasteiger partial charge is 0.194 e. The molecule has 20 heavy (non-hydrogen) atoms. The van der Waals surface area contributed by atoms with Crippen molar-refractivity contribution in [2.75, 3.05) is 7.05 Å². The number of pyridine rings is 1. The topological polar surface area (TPSA) is 24.9 Å². The molecular formula is C15H15F3N2. The lowest BCUT2D eigenvalue weighted by atomic mass is 10.0. The Morgan fingerprint density at radius 2 is 1.80 bits per heavy atom. The molecule has 5 heteroatoms. The summed E-state index contributed by atoms with van der Waals surface area (Å²) in [5, 5.41) is 2.96. The lowest BCUT2D eigenvalue weighted by Gasteiger charge is -2.17. The molecular weight excluding hydrogens is 265 g/mol. The summed E-state index contributed by atoms with van der Waals surface area (Å²) in [5.74, 6) is -3.81. The van der Waals surface area contributed by atoms with Gasteiger partial charge in [-0.1, -0.05) is 6.07 Å². The van der Waals surface area contributed by atoms with Gasteiger partial charge in [0.15, 0.2) is 17.5 Å². The summed E-state index contributed by atoms with van der Waals surface area (Å²) in [6, 6.07) is 5.45. The first-order valence-electron chi connectivity index (χ1n) is 6.24. The summed E-state index contributed by atoms with van der Waals surface area (Å²) in [6.45, 7) is 1.93. The highest BCUT2D eigenvalue weighted by atomic mass is 19.2. The van der Waals surface area contributed by atoms with Gasteiger partial charge < -0.3 is 5.32 Å². The molecule has 0 saturated carbocycles. The molecule has 1 unspecified atom stereocenters. The molecule has 2 nitrogen and oxygen atoms in total. The first-order chi connectivity index (χ1) is 9.51. The van der Waals surface area contributed by atoms with E-state index in [9.17, 15) is 13.2 Å². The highest BCUT2D eigenvalue weighted by Gasteiger charge is 2.17. The minimum Gasteiger partial charge on any atom is -0.313 e. The molecule has 1 N–H and O–H groups in total. The van der Waals surface area contributed by atoms with Crippen LogP contribution in [-0.4, -0.2) is 12.0 Å². The Morgan fingerprint density at radius 3 is 2.30 bits per heavy atom. The van der Waals surface area contributed by atoms with Crippen molar-refractivity contribution in [2.24, 2.45) is 0 Å². The minimum atomic E-state index is -1.45. The molecule has 106 valence electrons. The van der Waals surface area contributed by atoms with Crippen molar-refractivity contribution >= 4 is 0 Å². The first kappa shape index (κ1) is 14.5. The number of aryl methyl sites for hydroxylation is 1. The molecule has 2 aromatic rings. The third kappa shape index (κ3) is 3.17. The molecule has 0 aliphatic rings. The van der Waals surface area contributed by atoms with Crippen molar-refractivity contribution in [3.63, 3.8) is 0 Å². The molecule has 0 spiro atoms. The highest BCUT2D eigenvalue weighted by molar-refractivity contribution is 5.24. The van der Waals surface area contributed by atoms with Crippen LogP contribution in [0.15, 0.2) is 30.5 Å². The second-order valence-corrected chi connectivity index (χ2v) is 4.67. The average Bonchev–Trinajstić information content (AvgIpc) is 2.43. The van der Waals surface area contributed by atoms with E-state index in [-0.39, 0.29) is 6.04 Å². The van der Waals surface area contributed by atoms with Crippen molar-refractivity contribution in [3.05, 3.63) is 64.7 Å². The lowest BCUT2D eigenvalue weighted by Crippen LogP contribution is -2.20. The van der Waals surface area contributed by atoms with E-state index in [4.69, 9.17) is 0 Å². The van der Waals surface area contributed by atoms with Gasteiger partial charge >= 0.3 is 0 Å². The fraction of sp³-hybridized carbons (Fsp3) is 0.267. The molecule has 0 amide bonds. The van der Waals surface area contributed by atoms with E-state index in [1.54, 1.807) is 13.2 Å². The van der Waals surface area contributed by atoms with E-state index in [2.05, 4.69) is 10.3 Å². The molecule has 0 fully saturated rings. The van der Waals surface area contributed by atoms with Crippen molar-refractivity contribution in [1.29, 1.82) is 0 Å². The summed E-state index contributed by atoms with van der Waals surface area (Å²) < 4.78 is 39.5. The van der Waals surface area contributed by atoms with E-state index in [1.807, 2.05) is 19.1 Å². The summed E-state index contributed by atoms with van der Waals surface area (Å²) in [5.41, 5.74) is 2.18. The molecule has 1 atom stereocenters. The Bertz CT molecular complexity index is 574. The van der Waals surface area contributed by atoms with E-state index < -0.39 is 17.5 Å². The number of aromatic nitrogens is 1. The summed E-state index contributed by atoms with van der Waals surface area (Å²) in [6.07, 6.45) is 2.19. The van der Waals surface area contributed by atoms with E-state index in [0.717, 1.165) is 23.4 Å². The van der Waals surface area contributed by atoms with Gasteiger partial charge in [-0.2, -0.15) is 0 Å². The fourth-order valence-electron chi connectivity index (χ4n) is 1.99. The van der Waals surface area contributed by atoms with Gasteiger partial charge in [0, 0.05) is 24.4 Å². The van der Waals surface area contributed by atoms with Crippen molar-refractivity contribution in [1.82, 2.24) is 10.3 Å². The predicted octanol–water partition coefficient (Wildman–Crippen LogP) is 3.31. The van der Waals surface area contributed by atoms with Gasteiger partial charge in [0.2, 0.25) is 0 Å². The van der Waals surface area contributed by atoms with Crippen LogP contribution in [0, 0.1) is 24.4 Å². The molecule has 0 bridgehead atoms. The number of benzene rings is 1. The molecule has 1 heterocycles. The zero-order valence-electron chi connectivity index (χ0n) is 11.3. The molecule has 0 saturated heterocycles. The van der Waals surface area contributed by atoms with Gasteiger partial charge in [0.1, 0.15) is 0 Å². The molecule has 1 aromatic carbocycles. The maximum absolute atomic E-state index is 13.3. The maximum atomic E-state index is 13.3. The van der Waals surface area contributed by atoms with Crippen LogP contribution in [0.25, 0.3) is 0 Å². The van der Waals surface area contributed by atoms with Gasteiger partial charge in [-0.3, -0.25) is 4.98 Å². The van der Waals surface area contributed by atoms with Gasteiger partial charge in [-0.15, -0.1) is 0 Å². The van der Waals surface area contributed by atoms with Crippen LogP contribution < -0.4 is 5.32 Å². The number of nitrogens with zero attached hydrogens (tertiary/aromatic N) is 1. The summed E-state index contributed by atoms with van der Waals surface area (Å²) in [4.78, 5) is 4.25. The van der Waals surface area contributed by atoms with E-state index >= 15 is 0 Å². The minimum absolute atomic E-state index is 0.338. The van der Waals surface area contributed by atoms with Crippen LogP contribution in [-0.2, 0) is 6.42 Å². The standard InChI is InChI=1S/C15H15F3N2/c1-9-3-4-11(20-8-9)7-14(19-2)10-5-12(16)15(18)13(17)6-10/h3-6,8,14,19H,7H2,1-2H3. The van der Waals surface area contributed by atoms with Gasteiger partial charge in [-0.05, 0) is 43.3 Å². The SMILES string of the molecule is CNC(Cc1ccc(C)cn1)c1cc(F)c(F)c(F)c1. The van der Waals surface area contributed by atoms with Crippen molar-refractivity contribution in [2.45, 2.75) is 19.4 Å². The van der Waals surface area contributed by atoms with Crippen LogP contribution in [0.5, 0.6) is 0 Å². The normalized spacial score (nSPS) is 12.4. The second kappa shape index (κ2) is 6.05. The van der Waals surface area contributed by atoms with Gasteiger partial charge in [0.05, 0.1) is 0 Å². The largest absolute Gasteiger partial charge is 0.313 e. The van der Waals surface area contributed by atoms with Gasteiger partial charge in [0.25, 0.3) is 0 Å². The van der Waals surface area contributed by atoms with Crippen molar-refractivity contribution in [3.8, 4) is 0 Å². The Morgan fingerprint density at radius 1 is 1.15 bits per heavy atom. The molecule has 0 aliphatic carbocycles. The molecule has 0 aliphatic heterocycles. The Kier molecular flexibility index (Phi) is 4.39. The Labute approximate surface area is 115 Å². The lowest BCUT2D eigenvalue weighted by molar-refractivity contribution is 0.440. The monoisotopic (exact) mass is 280 g/mol. The van der Waals surface area contributed by atoms with Crippen LogP contribution in [0.2, 0.25) is 0 Å². The number of rotatable bonds is 4. The zero-order chi connectivity index (χ0) is 14.7. The number of halogens is 3. The summed E-state index contributed by atoms with van der Waals surface area (Å²) in [7, 11) is 1.68. The van der Waals surface area contributed by atoms with Crippen LogP contribution in [0.1, 0.15) is 22.9 Å². The highest BCUT2D eigenvalue weighted by Crippen LogP contribution is 2.21. The first-order valence-corrected chi connectivity index (χ1v) is 6.24. The Hall–Kier alpha value is -1.88. The van der Waals surface area contributed by atoms with Crippen LogP contribution in [0.3, 0.4) is 0 Å². The molecule has 2 rings (SSSR count). The number of likely N-dealkylation sites (N-methyl/N-ethyl adjacent to an activating group) is 1. The molecule has 1 aromatic heterocycles. The van der Waals surface area contributed by atoms with Crippen molar-refractivity contribution < 1.29 is 13.2 Å². The molecule has 0 radical (unpaired) electrons.